The molecule has 1 aliphatic heterocycles. The molecule has 2 aromatic rings. The Morgan fingerprint density at radius 1 is 1.52 bits per heavy atom. The molecule has 3 heterocycles. The highest BCUT2D eigenvalue weighted by molar-refractivity contribution is 7.13. The standard InChI is InChI=1S/C17H18N2O3S/c1-2-7-19-8-5-13(6-9-19)17(20)21-12-14-11-18-16(22-14)15-4-3-10-23-15/h1,3-4,10-11,13H,5-9,12H2. The molecule has 0 bridgehead atoms. The number of carbonyl (C=O) groups is 1. The molecule has 2 aromatic heterocycles. The van der Waals surface area contributed by atoms with Gasteiger partial charge < -0.3 is 9.15 Å². The van der Waals surface area contributed by atoms with Gasteiger partial charge in [-0.2, -0.15) is 0 Å². The van der Waals surface area contributed by atoms with Gasteiger partial charge in [0.05, 0.1) is 23.5 Å². The quantitative estimate of drug-likeness (QED) is 0.623. The Balaban J connectivity index is 1.47. The molecule has 5 nitrogen and oxygen atoms in total. The van der Waals surface area contributed by atoms with Gasteiger partial charge >= 0.3 is 5.97 Å². The third-order valence-corrected chi connectivity index (χ3v) is 4.74. The summed E-state index contributed by atoms with van der Waals surface area (Å²) < 4.78 is 11.0. The first-order valence-corrected chi connectivity index (χ1v) is 8.45. The van der Waals surface area contributed by atoms with Crippen LogP contribution in [0.5, 0.6) is 0 Å². The van der Waals surface area contributed by atoms with Crippen LogP contribution in [0.3, 0.4) is 0 Å². The summed E-state index contributed by atoms with van der Waals surface area (Å²) in [4.78, 5) is 19.5. The van der Waals surface area contributed by atoms with Crippen LogP contribution >= 0.6 is 11.3 Å². The largest absolute Gasteiger partial charge is 0.457 e. The van der Waals surface area contributed by atoms with E-state index in [-0.39, 0.29) is 18.5 Å². The second-order valence-electron chi connectivity index (χ2n) is 5.47. The second-order valence-corrected chi connectivity index (χ2v) is 6.42. The minimum absolute atomic E-state index is 0.0521. The second kappa shape index (κ2) is 7.44. The minimum Gasteiger partial charge on any atom is -0.457 e. The molecule has 0 radical (unpaired) electrons. The van der Waals surface area contributed by atoms with E-state index in [2.05, 4.69) is 15.8 Å². The first-order valence-electron chi connectivity index (χ1n) is 7.57. The summed E-state index contributed by atoms with van der Waals surface area (Å²) in [5, 5.41) is 1.96. The fraction of sp³-hybridized carbons (Fsp3) is 0.412. The number of carbonyl (C=O) groups excluding carboxylic acids is 1. The number of rotatable bonds is 5. The van der Waals surface area contributed by atoms with Gasteiger partial charge in [-0.05, 0) is 37.4 Å². The van der Waals surface area contributed by atoms with Gasteiger partial charge in [0.2, 0.25) is 5.89 Å². The normalized spacial score (nSPS) is 16.1. The van der Waals surface area contributed by atoms with Gasteiger partial charge in [-0.1, -0.05) is 12.0 Å². The van der Waals surface area contributed by atoms with Crippen molar-refractivity contribution in [2.75, 3.05) is 19.6 Å². The molecule has 3 rings (SSSR count). The number of nitrogens with zero attached hydrogens (tertiary/aromatic N) is 2. The van der Waals surface area contributed by atoms with Crippen LogP contribution in [0.25, 0.3) is 10.8 Å². The molecule has 0 amide bonds. The van der Waals surface area contributed by atoms with E-state index in [9.17, 15) is 4.79 Å². The number of terminal acetylenes is 1. The highest BCUT2D eigenvalue weighted by atomic mass is 32.1. The Hall–Kier alpha value is -2.10. The average Bonchev–Trinajstić information content (AvgIpc) is 3.25. The fourth-order valence-corrected chi connectivity index (χ4v) is 3.26. The summed E-state index contributed by atoms with van der Waals surface area (Å²) in [6.07, 6.45) is 8.49. The van der Waals surface area contributed by atoms with E-state index in [1.807, 2.05) is 17.5 Å². The minimum atomic E-state index is -0.167. The molecule has 0 unspecified atom stereocenters. The van der Waals surface area contributed by atoms with Crippen LogP contribution in [-0.2, 0) is 16.1 Å². The molecular formula is C17H18N2O3S. The van der Waals surface area contributed by atoms with Crippen molar-refractivity contribution in [3.8, 4) is 23.1 Å². The number of ether oxygens (including phenoxy) is 1. The maximum atomic E-state index is 12.1. The Kier molecular flexibility index (Phi) is 5.11. The zero-order chi connectivity index (χ0) is 16.1. The van der Waals surface area contributed by atoms with Crippen molar-refractivity contribution >= 4 is 17.3 Å². The zero-order valence-electron chi connectivity index (χ0n) is 12.7. The molecule has 120 valence electrons. The van der Waals surface area contributed by atoms with Crippen molar-refractivity contribution < 1.29 is 13.9 Å². The molecule has 23 heavy (non-hydrogen) atoms. The van der Waals surface area contributed by atoms with Gasteiger partial charge in [0.1, 0.15) is 0 Å². The van der Waals surface area contributed by atoms with Crippen molar-refractivity contribution in [3.05, 3.63) is 29.5 Å². The molecule has 1 aliphatic rings. The van der Waals surface area contributed by atoms with Gasteiger partial charge in [-0.15, -0.1) is 17.8 Å². The molecular weight excluding hydrogens is 312 g/mol. The number of thiophene rings is 1. The van der Waals surface area contributed by atoms with Crippen LogP contribution < -0.4 is 0 Å². The molecule has 1 saturated heterocycles. The summed E-state index contributed by atoms with van der Waals surface area (Å²) in [6, 6.07) is 3.88. The molecule has 0 spiro atoms. The number of piperidine rings is 1. The number of likely N-dealkylation sites (tertiary alicyclic amines) is 1. The first kappa shape index (κ1) is 15.8. The molecule has 0 aromatic carbocycles. The topological polar surface area (TPSA) is 55.6 Å². The van der Waals surface area contributed by atoms with Crippen LogP contribution in [0, 0.1) is 18.3 Å². The highest BCUT2D eigenvalue weighted by Crippen LogP contribution is 2.24. The lowest BCUT2D eigenvalue weighted by molar-refractivity contribution is -0.152. The van der Waals surface area contributed by atoms with E-state index in [1.54, 1.807) is 17.5 Å². The van der Waals surface area contributed by atoms with E-state index in [0.29, 0.717) is 18.2 Å². The van der Waals surface area contributed by atoms with Crippen molar-refractivity contribution in [1.82, 2.24) is 9.88 Å². The van der Waals surface area contributed by atoms with Crippen LogP contribution in [0.15, 0.2) is 28.1 Å². The van der Waals surface area contributed by atoms with Gasteiger partial charge in [0, 0.05) is 0 Å². The lowest BCUT2D eigenvalue weighted by atomic mass is 9.97. The van der Waals surface area contributed by atoms with Crippen molar-refractivity contribution in [2.45, 2.75) is 19.4 Å². The number of oxazole rings is 1. The molecule has 6 heteroatoms. The summed E-state index contributed by atoms with van der Waals surface area (Å²) in [5.41, 5.74) is 0. The van der Waals surface area contributed by atoms with Gasteiger partial charge in [0.15, 0.2) is 12.4 Å². The fourth-order valence-electron chi connectivity index (χ4n) is 2.60. The Morgan fingerprint density at radius 2 is 2.35 bits per heavy atom. The van der Waals surface area contributed by atoms with E-state index in [1.165, 1.54) is 0 Å². The van der Waals surface area contributed by atoms with Gasteiger partial charge in [-0.25, -0.2) is 4.98 Å². The number of aromatic nitrogens is 1. The summed E-state index contributed by atoms with van der Waals surface area (Å²) in [7, 11) is 0. The number of hydrogen-bond acceptors (Lipinski definition) is 6. The van der Waals surface area contributed by atoms with Crippen LogP contribution in [-0.4, -0.2) is 35.5 Å². The number of hydrogen-bond donors (Lipinski definition) is 0. The average molecular weight is 330 g/mol. The first-order chi connectivity index (χ1) is 11.3. The highest BCUT2D eigenvalue weighted by Gasteiger charge is 2.26. The molecule has 1 fully saturated rings. The lowest BCUT2D eigenvalue weighted by Gasteiger charge is -2.29. The Labute approximate surface area is 139 Å². The molecule has 0 N–H and O–H groups in total. The van der Waals surface area contributed by atoms with Gasteiger partial charge in [0.25, 0.3) is 0 Å². The third kappa shape index (κ3) is 4.01. The van der Waals surface area contributed by atoms with E-state index in [0.717, 1.165) is 30.8 Å². The van der Waals surface area contributed by atoms with Crippen LogP contribution in [0.1, 0.15) is 18.6 Å². The zero-order valence-corrected chi connectivity index (χ0v) is 13.6. The third-order valence-electron chi connectivity index (χ3n) is 3.88. The molecule has 0 saturated carbocycles. The summed E-state index contributed by atoms with van der Waals surface area (Å²) in [6.45, 7) is 2.46. The van der Waals surface area contributed by atoms with E-state index in [4.69, 9.17) is 15.6 Å². The van der Waals surface area contributed by atoms with E-state index < -0.39 is 0 Å². The number of esters is 1. The monoisotopic (exact) mass is 330 g/mol. The van der Waals surface area contributed by atoms with Crippen LogP contribution in [0.2, 0.25) is 0 Å². The predicted molar refractivity (Wildman–Crippen MR) is 87.6 cm³/mol. The molecule has 0 atom stereocenters. The van der Waals surface area contributed by atoms with Crippen molar-refractivity contribution in [1.29, 1.82) is 0 Å². The Morgan fingerprint density at radius 3 is 3.04 bits per heavy atom. The summed E-state index contributed by atoms with van der Waals surface area (Å²) >= 11 is 1.56. The molecule has 0 aliphatic carbocycles. The smallest absolute Gasteiger partial charge is 0.309 e. The lowest BCUT2D eigenvalue weighted by Crippen LogP contribution is -2.37. The van der Waals surface area contributed by atoms with Crippen molar-refractivity contribution in [2.24, 2.45) is 5.92 Å². The maximum absolute atomic E-state index is 12.1. The van der Waals surface area contributed by atoms with Gasteiger partial charge in [-0.3, -0.25) is 9.69 Å². The van der Waals surface area contributed by atoms with Crippen LogP contribution in [0.4, 0.5) is 0 Å². The van der Waals surface area contributed by atoms with E-state index >= 15 is 0 Å². The maximum Gasteiger partial charge on any atom is 0.309 e. The predicted octanol–water partition coefficient (Wildman–Crippen LogP) is 2.79. The van der Waals surface area contributed by atoms with Crippen molar-refractivity contribution in [3.63, 3.8) is 0 Å². The SMILES string of the molecule is C#CCN1CCC(C(=O)OCc2cnc(-c3cccs3)o2)CC1. The summed E-state index contributed by atoms with van der Waals surface area (Å²) in [5.74, 6) is 3.54. The Bertz CT molecular complexity index is 679.